The molecule has 3 atom stereocenters. The molecule has 0 bridgehead atoms. The van der Waals surface area contributed by atoms with Crippen LogP contribution in [0.25, 0.3) is 0 Å². The van der Waals surface area contributed by atoms with E-state index in [0.717, 1.165) is 19.4 Å². The fourth-order valence-electron chi connectivity index (χ4n) is 3.22. The van der Waals surface area contributed by atoms with Crippen molar-refractivity contribution in [2.75, 3.05) is 13.1 Å². The van der Waals surface area contributed by atoms with E-state index in [9.17, 15) is 14.4 Å². The first-order valence-electron chi connectivity index (χ1n) is 10.2. The molecular weight excluding hydrogens is 408 g/mol. The average Bonchev–Trinajstić information content (AvgIpc) is 3.38. The van der Waals surface area contributed by atoms with Gasteiger partial charge in [-0.2, -0.15) is 4.98 Å². The smallest absolute Gasteiger partial charge is 0.316 e. The number of nitrogens with zero attached hydrogens (tertiary/aromatic N) is 2. The monoisotopic (exact) mass is 438 g/mol. The van der Waals surface area contributed by atoms with Crippen molar-refractivity contribution in [3.05, 3.63) is 11.7 Å². The van der Waals surface area contributed by atoms with Crippen molar-refractivity contribution in [2.24, 2.45) is 5.73 Å². The van der Waals surface area contributed by atoms with Crippen molar-refractivity contribution >= 4 is 23.7 Å². The Morgan fingerprint density at radius 1 is 1.35 bits per heavy atom. The summed E-state index contributed by atoms with van der Waals surface area (Å²) in [6, 6.07) is -2.23. The van der Waals surface area contributed by atoms with E-state index in [2.05, 4.69) is 31.4 Å². The molecule has 0 unspecified atom stereocenters. The lowest BCUT2D eigenvalue weighted by molar-refractivity contribution is -0.137. The van der Waals surface area contributed by atoms with E-state index in [-0.39, 0.29) is 36.5 Å². The van der Waals surface area contributed by atoms with Gasteiger partial charge in [-0.15, -0.1) is 0 Å². The topological polar surface area (TPSA) is 208 Å². The lowest BCUT2D eigenvalue weighted by Crippen LogP contribution is -2.46. The van der Waals surface area contributed by atoms with E-state index in [0.29, 0.717) is 25.2 Å². The lowest BCUT2D eigenvalue weighted by atomic mass is 10.1. The van der Waals surface area contributed by atoms with Crippen molar-refractivity contribution in [3.63, 3.8) is 0 Å². The Bertz CT molecular complexity index is 777. The summed E-state index contributed by atoms with van der Waals surface area (Å²) in [6.07, 6.45) is 2.55. The van der Waals surface area contributed by atoms with Gasteiger partial charge in [0.1, 0.15) is 6.04 Å². The average molecular weight is 438 g/mol. The fraction of sp³-hybridized carbons (Fsp3) is 0.667. The molecule has 0 saturated carbocycles. The molecule has 1 aliphatic heterocycles. The van der Waals surface area contributed by atoms with E-state index < -0.39 is 24.1 Å². The van der Waals surface area contributed by atoms with Gasteiger partial charge in [0.25, 0.3) is 0 Å². The molecule has 1 fully saturated rings. The van der Waals surface area contributed by atoms with Crippen LogP contribution in [0.2, 0.25) is 0 Å². The molecule has 0 aromatic carbocycles. The van der Waals surface area contributed by atoms with Crippen molar-refractivity contribution in [1.82, 2.24) is 31.4 Å². The molecule has 8 N–H and O–H groups in total. The number of Topliss-reactive ketones (excluding diaryl/α,β-unsaturated/α-hetero) is 1. The minimum Gasteiger partial charge on any atom is -0.481 e. The number of carboxylic acid groups (broad SMARTS) is 1. The number of nitrogens with one attached hydrogen (secondary N) is 5. The van der Waals surface area contributed by atoms with Crippen molar-refractivity contribution in [2.45, 2.75) is 63.6 Å². The van der Waals surface area contributed by atoms with Crippen LogP contribution in [0.15, 0.2) is 4.52 Å². The molecule has 1 saturated heterocycles. The third-order valence-corrected chi connectivity index (χ3v) is 4.86. The summed E-state index contributed by atoms with van der Waals surface area (Å²) in [5, 5.41) is 31.2. The predicted molar refractivity (Wildman–Crippen MR) is 109 cm³/mol. The van der Waals surface area contributed by atoms with Crippen LogP contribution in [0.3, 0.4) is 0 Å². The lowest BCUT2D eigenvalue weighted by Gasteiger charge is -2.19. The number of carboxylic acids is 1. The molecule has 0 spiro atoms. The van der Waals surface area contributed by atoms with Gasteiger partial charge < -0.3 is 36.6 Å². The van der Waals surface area contributed by atoms with Gasteiger partial charge in [0, 0.05) is 13.0 Å². The number of guanidine groups is 1. The zero-order valence-electron chi connectivity index (χ0n) is 17.4. The molecule has 0 aliphatic carbocycles. The first-order chi connectivity index (χ1) is 14.8. The highest BCUT2D eigenvalue weighted by Gasteiger charge is 2.27. The Labute approximate surface area is 179 Å². The highest BCUT2D eigenvalue weighted by Crippen LogP contribution is 2.23. The maximum absolute atomic E-state index is 12.5. The number of hydrogen-bond acceptors (Lipinski definition) is 8. The number of aromatic nitrogens is 2. The highest BCUT2D eigenvalue weighted by molar-refractivity contribution is 5.86. The van der Waals surface area contributed by atoms with E-state index in [1.54, 1.807) is 0 Å². The molecule has 13 heteroatoms. The largest absolute Gasteiger partial charge is 0.481 e. The molecule has 2 amide bonds. The maximum atomic E-state index is 12.5. The van der Waals surface area contributed by atoms with E-state index >= 15 is 0 Å². The van der Waals surface area contributed by atoms with Crippen LogP contribution in [0.5, 0.6) is 0 Å². The molecule has 1 aromatic rings. The van der Waals surface area contributed by atoms with Crippen molar-refractivity contribution < 1.29 is 24.0 Å². The number of nitrogens with two attached hydrogens (primary N) is 1. The summed E-state index contributed by atoms with van der Waals surface area (Å²) < 4.78 is 5.28. The zero-order chi connectivity index (χ0) is 22.8. The minimum atomic E-state index is -1.02. The molecule has 31 heavy (non-hydrogen) atoms. The molecular formula is C18H30N8O5. The highest BCUT2D eigenvalue weighted by atomic mass is 16.5. The SMILES string of the molecule is CC(=O)[C@H](CCCNC(=N)N)NC(=O)N[C@@H](CCC(=O)O)c1nc([C@@H]2CCCN2)no1. The quantitative estimate of drug-likeness (QED) is 0.131. The second kappa shape index (κ2) is 11.8. The molecule has 13 nitrogen and oxygen atoms in total. The van der Waals surface area contributed by atoms with E-state index in [1.807, 2.05) is 0 Å². The van der Waals surface area contributed by atoms with Crippen LogP contribution < -0.4 is 27.0 Å². The van der Waals surface area contributed by atoms with Crippen LogP contribution in [0, 0.1) is 5.41 Å². The van der Waals surface area contributed by atoms with Gasteiger partial charge in [-0.3, -0.25) is 15.0 Å². The second-order valence-electron chi connectivity index (χ2n) is 7.39. The summed E-state index contributed by atoms with van der Waals surface area (Å²) in [5.74, 6) is -0.839. The van der Waals surface area contributed by atoms with Crippen LogP contribution in [-0.4, -0.2) is 58.1 Å². The molecule has 2 heterocycles. The molecule has 2 rings (SSSR count). The van der Waals surface area contributed by atoms with Gasteiger partial charge >= 0.3 is 12.0 Å². The Hall–Kier alpha value is -3.22. The summed E-state index contributed by atoms with van der Waals surface area (Å²) in [6.45, 7) is 2.61. The number of hydrogen-bond donors (Lipinski definition) is 7. The molecule has 1 aromatic heterocycles. The van der Waals surface area contributed by atoms with Gasteiger partial charge in [0.15, 0.2) is 17.6 Å². The summed E-state index contributed by atoms with van der Waals surface area (Å²) in [4.78, 5) is 39.7. The summed E-state index contributed by atoms with van der Waals surface area (Å²) >= 11 is 0. The standard InChI is InChI=1S/C18H30N8O5/c1-10(27)11(4-2-9-22-17(19)20)23-18(30)24-13(6-7-14(28)29)16-25-15(26-31-16)12-5-3-8-21-12/h11-13,21H,2-9H2,1H3,(H,28,29)(H4,19,20,22)(H2,23,24,30)/t11-,12-,13-/m0/s1. The van der Waals surface area contributed by atoms with Crippen LogP contribution >= 0.6 is 0 Å². The number of carbonyl (C=O) groups is 3. The van der Waals surface area contributed by atoms with Crippen molar-refractivity contribution in [1.29, 1.82) is 5.41 Å². The number of aliphatic carboxylic acids is 1. The van der Waals surface area contributed by atoms with Crippen LogP contribution in [-0.2, 0) is 9.59 Å². The Morgan fingerprint density at radius 2 is 2.13 bits per heavy atom. The number of urea groups is 1. The van der Waals surface area contributed by atoms with Gasteiger partial charge in [-0.25, -0.2) is 4.79 Å². The Balaban J connectivity index is 1.98. The van der Waals surface area contributed by atoms with Crippen molar-refractivity contribution in [3.8, 4) is 0 Å². The summed E-state index contributed by atoms with van der Waals surface area (Å²) in [5.41, 5.74) is 5.21. The normalized spacial score (nSPS) is 17.5. The maximum Gasteiger partial charge on any atom is 0.316 e. The zero-order valence-corrected chi connectivity index (χ0v) is 17.4. The first-order valence-corrected chi connectivity index (χ1v) is 10.2. The minimum absolute atomic E-state index is 0.0304. The van der Waals surface area contributed by atoms with Crippen LogP contribution in [0.1, 0.15) is 69.2 Å². The first kappa shape index (κ1) is 24.1. The Morgan fingerprint density at radius 3 is 2.74 bits per heavy atom. The number of amides is 2. The van der Waals surface area contributed by atoms with Gasteiger partial charge in [-0.1, -0.05) is 5.16 Å². The van der Waals surface area contributed by atoms with E-state index in [4.69, 9.17) is 20.8 Å². The molecule has 1 aliphatic rings. The number of rotatable bonds is 12. The van der Waals surface area contributed by atoms with Crippen LogP contribution in [0.4, 0.5) is 4.79 Å². The molecule has 0 radical (unpaired) electrons. The summed E-state index contributed by atoms with van der Waals surface area (Å²) in [7, 11) is 0. The third kappa shape index (κ3) is 8.20. The molecule has 172 valence electrons. The third-order valence-electron chi connectivity index (χ3n) is 4.86. The number of carbonyl (C=O) groups excluding carboxylic acids is 2. The Kier molecular flexibility index (Phi) is 9.18. The fourth-order valence-corrected chi connectivity index (χ4v) is 3.22. The predicted octanol–water partition coefficient (Wildman–Crippen LogP) is -0.0799. The number of ketones is 1. The van der Waals surface area contributed by atoms with Gasteiger partial charge in [0.05, 0.1) is 12.1 Å². The van der Waals surface area contributed by atoms with Gasteiger partial charge in [-0.05, 0) is 45.6 Å². The van der Waals surface area contributed by atoms with E-state index in [1.165, 1.54) is 6.92 Å². The second-order valence-corrected chi connectivity index (χ2v) is 7.39. The van der Waals surface area contributed by atoms with Gasteiger partial charge in [0.2, 0.25) is 5.89 Å².